The number of carboxylic acids is 1. The number of carbonyl (C=O) groups is 1. The number of aromatic carboxylic acids is 1. The molecule has 0 atom stereocenters. The molecule has 0 spiro atoms. The van der Waals surface area contributed by atoms with Gasteiger partial charge in [0.25, 0.3) is 0 Å². The van der Waals surface area contributed by atoms with Crippen LogP contribution in [-0.4, -0.2) is 31.1 Å². The molecule has 6 nitrogen and oxygen atoms in total. The minimum atomic E-state index is -0.959. The molecule has 3 aromatic rings. The Balaban J connectivity index is 1.83. The molecule has 0 aliphatic heterocycles. The molecule has 0 fully saturated rings. The van der Waals surface area contributed by atoms with E-state index in [0.717, 1.165) is 22.6 Å². The molecule has 0 aliphatic carbocycles. The lowest BCUT2D eigenvalue weighted by Gasteiger charge is -2.00. The van der Waals surface area contributed by atoms with Crippen LogP contribution in [0.1, 0.15) is 21.1 Å². The van der Waals surface area contributed by atoms with Gasteiger partial charge in [0.1, 0.15) is 5.52 Å². The molecule has 0 amide bonds. The number of carboxylic acid groups (broad SMARTS) is 1. The predicted molar refractivity (Wildman–Crippen MR) is 75.0 cm³/mol. The van der Waals surface area contributed by atoms with Gasteiger partial charge in [0, 0.05) is 24.0 Å². The Morgan fingerprint density at radius 2 is 2.30 bits per heavy atom. The molecular weight excluding hydrogens is 276 g/mol. The molecule has 2 heterocycles. The van der Waals surface area contributed by atoms with E-state index in [1.165, 1.54) is 6.07 Å². The van der Waals surface area contributed by atoms with Crippen LogP contribution in [0.3, 0.4) is 0 Å². The second-order valence-corrected chi connectivity index (χ2v) is 5.40. The molecule has 1 N–H and O–H groups in total. The SMILES string of the molecule is Cc1csc(CCn2nnc3cc(C(=O)O)ccc32)n1. The van der Waals surface area contributed by atoms with Crippen molar-refractivity contribution in [2.75, 3.05) is 0 Å². The molecular formula is C13H12N4O2S. The van der Waals surface area contributed by atoms with E-state index in [0.29, 0.717) is 12.1 Å². The standard InChI is InChI=1S/C13H12N4O2S/c1-8-7-20-12(14-8)4-5-17-11-3-2-9(13(18)19)6-10(11)15-16-17/h2-3,6-7H,4-5H2,1H3,(H,18,19). The summed E-state index contributed by atoms with van der Waals surface area (Å²) in [5.74, 6) is -0.959. The summed E-state index contributed by atoms with van der Waals surface area (Å²) in [6, 6.07) is 4.85. The number of rotatable bonds is 4. The highest BCUT2D eigenvalue weighted by Gasteiger charge is 2.09. The summed E-state index contributed by atoms with van der Waals surface area (Å²) in [4.78, 5) is 15.3. The van der Waals surface area contributed by atoms with Crippen molar-refractivity contribution in [2.24, 2.45) is 0 Å². The van der Waals surface area contributed by atoms with Crippen LogP contribution in [0.25, 0.3) is 11.0 Å². The van der Waals surface area contributed by atoms with Gasteiger partial charge in [-0.25, -0.2) is 14.5 Å². The largest absolute Gasteiger partial charge is 0.478 e. The third kappa shape index (κ3) is 2.39. The average molecular weight is 288 g/mol. The maximum Gasteiger partial charge on any atom is 0.335 e. The number of aromatic nitrogens is 4. The summed E-state index contributed by atoms with van der Waals surface area (Å²) in [6.45, 7) is 2.65. The number of fused-ring (bicyclic) bond motifs is 1. The molecule has 0 saturated heterocycles. The Kier molecular flexibility index (Phi) is 3.19. The summed E-state index contributed by atoms with van der Waals surface area (Å²) < 4.78 is 1.78. The monoisotopic (exact) mass is 288 g/mol. The molecule has 0 unspecified atom stereocenters. The first-order chi connectivity index (χ1) is 9.63. The number of thiazole rings is 1. The van der Waals surface area contributed by atoms with Crippen LogP contribution >= 0.6 is 11.3 Å². The van der Waals surface area contributed by atoms with Crippen molar-refractivity contribution >= 4 is 28.3 Å². The highest BCUT2D eigenvalue weighted by Crippen LogP contribution is 2.15. The van der Waals surface area contributed by atoms with E-state index in [9.17, 15) is 4.79 Å². The van der Waals surface area contributed by atoms with E-state index in [1.54, 1.807) is 28.2 Å². The Morgan fingerprint density at radius 3 is 3.00 bits per heavy atom. The van der Waals surface area contributed by atoms with Crippen molar-refractivity contribution in [1.82, 2.24) is 20.0 Å². The Bertz CT molecular complexity index is 778. The fourth-order valence-corrected chi connectivity index (χ4v) is 2.75. The Hall–Kier alpha value is -2.28. The van der Waals surface area contributed by atoms with E-state index in [4.69, 9.17) is 5.11 Å². The van der Waals surface area contributed by atoms with Gasteiger partial charge in [0.05, 0.1) is 16.1 Å². The first-order valence-corrected chi connectivity index (χ1v) is 6.99. The van der Waals surface area contributed by atoms with E-state index in [-0.39, 0.29) is 5.56 Å². The lowest BCUT2D eigenvalue weighted by Crippen LogP contribution is -2.03. The molecule has 20 heavy (non-hydrogen) atoms. The first-order valence-electron chi connectivity index (χ1n) is 6.11. The van der Waals surface area contributed by atoms with Crippen molar-refractivity contribution in [3.05, 3.63) is 39.8 Å². The Labute approximate surface area is 118 Å². The van der Waals surface area contributed by atoms with Gasteiger partial charge in [0.2, 0.25) is 0 Å². The van der Waals surface area contributed by atoms with Crippen molar-refractivity contribution in [3.63, 3.8) is 0 Å². The average Bonchev–Trinajstić information content (AvgIpc) is 3.02. The molecule has 0 bridgehead atoms. The third-order valence-electron chi connectivity index (χ3n) is 2.96. The molecule has 102 valence electrons. The second kappa shape index (κ2) is 5.01. The van der Waals surface area contributed by atoms with E-state index >= 15 is 0 Å². The van der Waals surface area contributed by atoms with Crippen LogP contribution in [0.15, 0.2) is 23.6 Å². The quantitative estimate of drug-likeness (QED) is 0.795. The maximum atomic E-state index is 10.9. The molecule has 1 aromatic carbocycles. The molecule has 3 rings (SSSR count). The molecule has 0 aliphatic rings. The predicted octanol–water partition coefficient (Wildman–Crippen LogP) is 2.14. The van der Waals surface area contributed by atoms with Gasteiger partial charge in [0.15, 0.2) is 0 Å². The van der Waals surface area contributed by atoms with Crippen molar-refractivity contribution in [2.45, 2.75) is 19.9 Å². The summed E-state index contributed by atoms with van der Waals surface area (Å²) >= 11 is 1.63. The van der Waals surface area contributed by atoms with E-state index < -0.39 is 5.97 Å². The zero-order valence-corrected chi connectivity index (χ0v) is 11.6. The maximum absolute atomic E-state index is 10.9. The highest BCUT2D eigenvalue weighted by molar-refractivity contribution is 7.09. The normalized spacial score (nSPS) is 11.1. The van der Waals surface area contributed by atoms with Crippen LogP contribution in [0.2, 0.25) is 0 Å². The van der Waals surface area contributed by atoms with Crippen LogP contribution in [0, 0.1) is 6.92 Å². The van der Waals surface area contributed by atoms with Gasteiger partial charge in [-0.2, -0.15) is 0 Å². The van der Waals surface area contributed by atoms with Crippen LogP contribution < -0.4 is 0 Å². The number of nitrogens with zero attached hydrogens (tertiary/aromatic N) is 4. The first kappa shape index (κ1) is 12.7. The zero-order valence-electron chi connectivity index (χ0n) is 10.8. The number of benzene rings is 1. The summed E-state index contributed by atoms with van der Waals surface area (Å²) in [5.41, 5.74) is 2.68. The van der Waals surface area contributed by atoms with Crippen LogP contribution in [-0.2, 0) is 13.0 Å². The topological polar surface area (TPSA) is 80.9 Å². The molecule has 0 saturated carbocycles. The van der Waals surface area contributed by atoms with Gasteiger partial charge in [-0.05, 0) is 25.1 Å². The van der Waals surface area contributed by atoms with Gasteiger partial charge >= 0.3 is 5.97 Å². The van der Waals surface area contributed by atoms with Crippen molar-refractivity contribution in [3.8, 4) is 0 Å². The van der Waals surface area contributed by atoms with Crippen molar-refractivity contribution in [1.29, 1.82) is 0 Å². The number of hydrogen-bond acceptors (Lipinski definition) is 5. The fraction of sp³-hybridized carbons (Fsp3) is 0.231. The Morgan fingerprint density at radius 1 is 1.45 bits per heavy atom. The number of aryl methyl sites for hydroxylation is 3. The van der Waals surface area contributed by atoms with Gasteiger partial charge in [-0.3, -0.25) is 0 Å². The number of hydrogen-bond donors (Lipinski definition) is 1. The minimum Gasteiger partial charge on any atom is -0.478 e. The lowest BCUT2D eigenvalue weighted by molar-refractivity contribution is 0.0697. The van der Waals surface area contributed by atoms with E-state index in [2.05, 4.69) is 15.3 Å². The van der Waals surface area contributed by atoms with Crippen LogP contribution in [0.4, 0.5) is 0 Å². The third-order valence-corrected chi connectivity index (χ3v) is 3.99. The summed E-state index contributed by atoms with van der Waals surface area (Å²) in [7, 11) is 0. The highest BCUT2D eigenvalue weighted by atomic mass is 32.1. The lowest BCUT2D eigenvalue weighted by atomic mass is 10.2. The fourth-order valence-electron chi connectivity index (χ4n) is 1.99. The van der Waals surface area contributed by atoms with E-state index in [1.807, 2.05) is 12.3 Å². The summed E-state index contributed by atoms with van der Waals surface area (Å²) in [6.07, 6.45) is 0.789. The zero-order chi connectivity index (χ0) is 14.1. The van der Waals surface area contributed by atoms with Gasteiger partial charge in [-0.15, -0.1) is 16.4 Å². The smallest absolute Gasteiger partial charge is 0.335 e. The van der Waals surface area contributed by atoms with Gasteiger partial charge < -0.3 is 5.11 Å². The molecule has 7 heteroatoms. The molecule has 2 aromatic heterocycles. The molecule has 0 radical (unpaired) electrons. The minimum absolute atomic E-state index is 0.222. The summed E-state index contributed by atoms with van der Waals surface area (Å²) in [5, 5.41) is 20.1. The van der Waals surface area contributed by atoms with Crippen LogP contribution in [0.5, 0.6) is 0 Å². The van der Waals surface area contributed by atoms with Crippen molar-refractivity contribution < 1.29 is 9.90 Å². The second-order valence-electron chi connectivity index (χ2n) is 4.45. The van der Waals surface area contributed by atoms with Gasteiger partial charge in [-0.1, -0.05) is 5.21 Å².